The highest BCUT2D eigenvalue weighted by atomic mass is 16.3. The van der Waals surface area contributed by atoms with Crippen molar-refractivity contribution in [1.82, 2.24) is 5.32 Å². The highest BCUT2D eigenvalue weighted by Gasteiger charge is 2.07. The van der Waals surface area contributed by atoms with Gasteiger partial charge in [0, 0.05) is 18.3 Å². The Balaban J connectivity index is 2.43. The molecule has 0 aliphatic heterocycles. The Kier molecular flexibility index (Phi) is 6.36. The van der Waals surface area contributed by atoms with E-state index < -0.39 is 0 Å². The number of carbonyl (C=O) groups excluding carboxylic acids is 1. The molecule has 3 N–H and O–H groups in total. The Bertz CT molecular complexity index is 388. The van der Waals surface area contributed by atoms with Gasteiger partial charge in [0.05, 0.1) is 0 Å². The van der Waals surface area contributed by atoms with Gasteiger partial charge in [0.2, 0.25) is 0 Å². The first-order valence-electron chi connectivity index (χ1n) is 6.81. The average Bonchev–Trinajstić information content (AvgIpc) is 2.36. The minimum Gasteiger partial charge on any atom is -0.396 e. The number of aliphatic hydroxyl groups excluding tert-OH is 1. The molecule has 0 bridgehead atoms. The van der Waals surface area contributed by atoms with E-state index in [1.807, 2.05) is 31.2 Å². The molecule has 106 valence electrons. The summed E-state index contributed by atoms with van der Waals surface area (Å²) in [6.07, 6.45) is 1.47. The van der Waals surface area contributed by atoms with E-state index in [-0.39, 0.29) is 18.7 Å². The van der Waals surface area contributed by atoms with Crippen LogP contribution in [-0.4, -0.2) is 23.8 Å². The first kappa shape index (κ1) is 15.5. The lowest BCUT2D eigenvalue weighted by atomic mass is 10.0. The van der Waals surface area contributed by atoms with E-state index in [0.29, 0.717) is 12.3 Å². The second-order valence-electron chi connectivity index (χ2n) is 5.14. The Morgan fingerprint density at radius 2 is 1.84 bits per heavy atom. The van der Waals surface area contributed by atoms with Crippen LogP contribution >= 0.6 is 0 Å². The van der Waals surface area contributed by atoms with Gasteiger partial charge < -0.3 is 15.7 Å². The predicted molar refractivity (Wildman–Crippen MR) is 78.5 cm³/mol. The van der Waals surface area contributed by atoms with Gasteiger partial charge in [-0.15, -0.1) is 0 Å². The number of carbonyl (C=O) groups is 1. The summed E-state index contributed by atoms with van der Waals surface area (Å²) >= 11 is 0. The molecule has 1 aromatic carbocycles. The molecule has 4 nitrogen and oxygen atoms in total. The third kappa shape index (κ3) is 5.75. The van der Waals surface area contributed by atoms with Crippen LogP contribution in [0.5, 0.6) is 0 Å². The molecular weight excluding hydrogens is 240 g/mol. The van der Waals surface area contributed by atoms with Crippen LogP contribution < -0.4 is 10.6 Å². The number of anilines is 1. The third-order valence-corrected chi connectivity index (χ3v) is 3.01. The van der Waals surface area contributed by atoms with Gasteiger partial charge in [-0.3, -0.25) is 0 Å². The molecule has 0 spiro atoms. The number of rotatable bonds is 6. The zero-order valence-corrected chi connectivity index (χ0v) is 11.9. The lowest BCUT2D eigenvalue weighted by molar-refractivity contribution is 0.245. The number of hydrogen-bond acceptors (Lipinski definition) is 2. The van der Waals surface area contributed by atoms with Crippen LogP contribution in [0.25, 0.3) is 0 Å². The minimum atomic E-state index is -0.206. The fraction of sp³-hybridized carbons (Fsp3) is 0.533. The molecule has 0 saturated heterocycles. The molecule has 0 aliphatic rings. The third-order valence-electron chi connectivity index (χ3n) is 3.01. The molecule has 0 radical (unpaired) electrons. The van der Waals surface area contributed by atoms with E-state index in [0.717, 1.165) is 12.1 Å². The zero-order valence-electron chi connectivity index (χ0n) is 11.9. The van der Waals surface area contributed by atoms with Crippen molar-refractivity contribution in [3.05, 3.63) is 29.8 Å². The van der Waals surface area contributed by atoms with Crippen molar-refractivity contribution in [2.75, 3.05) is 11.9 Å². The van der Waals surface area contributed by atoms with Crippen molar-refractivity contribution < 1.29 is 9.90 Å². The molecular formula is C15H24N2O2. The van der Waals surface area contributed by atoms with E-state index in [2.05, 4.69) is 24.5 Å². The van der Waals surface area contributed by atoms with Gasteiger partial charge in [-0.1, -0.05) is 26.0 Å². The summed E-state index contributed by atoms with van der Waals surface area (Å²) in [6, 6.07) is 7.72. The van der Waals surface area contributed by atoms with Crippen molar-refractivity contribution in [1.29, 1.82) is 0 Å². The van der Waals surface area contributed by atoms with Gasteiger partial charge in [-0.25, -0.2) is 4.79 Å². The largest absolute Gasteiger partial charge is 0.396 e. The zero-order chi connectivity index (χ0) is 14.3. The molecule has 0 heterocycles. The van der Waals surface area contributed by atoms with Crippen LogP contribution in [0.1, 0.15) is 45.1 Å². The van der Waals surface area contributed by atoms with Gasteiger partial charge in [0.25, 0.3) is 0 Å². The van der Waals surface area contributed by atoms with E-state index in [4.69, 9.17) is 5.11 Å². The highest BCUT2D eigenvalue weighted by molar-refractivity contribution is 5.89. The van der Waals surface area contributed by atoms with Gasteiger partial charge in [-0.2, -0.15) is 0 Å². The quantitative estimate of drug-likeness (QED) is 0.739. The summed E-state index contributed by atoms with van der Waals surface area (Å²) in [4.78, 5) is 11.7. The molecule has 1 rings (SSSR count). The number of urea groups is 1. The average molecular weight is 264 g/mol. The Labute approximate surface area is 115 Å². The molecule has 1 atom stereocenters. The number of aliphatic hydroxyl groups is 1. The first-order valence-corrected chi connectivity index (χ1v) is 6.81. The summed E-state index contributed by atoms with van der Waals surface area (Å²) in [6.45, 7) is 6.36. The fourth-order valence-corrected chi connectivity index (χ4v) is 1.81. The summed E-state index contributed by atoms with van der Waals surface area (Å²) in [5.74, 6) is 0.487. The molecule has 4 heteroatoms. The lowest BCUT2D eigenvalue weighted by Gasteiger charge is -2.14. The second kappa shape index (κ2) is 7.79. The maximum atomic E-state index is 11.7. The van der Waals surface area contributed by atoms with Crippen molar-refractivity contribution in [3.63, 3.8) is 0 Å². The summed E-state index contributed by atoms with van der Waals surface area (Å²) < 4.78 is 0. The maximum Gasteiger partial charge on any atom is 0.319 e. The predicted octanol–water partition coefficient (Wildman–Crippen LogP) is 3.09. The molecule has 19 heavy (non-hydrogen) atoms. The topological polar surface area (TPSA) is 61.4 Å². The molecule has 2 amide bonds. The SMILES string of the molecule is CC(CCCO)NC(=O)Nc1ccc(C(C)C)cc1. The van der Waals surface area contributed by atoms with Gasteiger partial charge in [0.1, 0.15) is 0 Å². The lowest BCUT2D eigenvalue weighted by Crippen LogP contribution is -2.36. The number of benzene rings is 1. The molecule has 0 aliphatic carbocycles. The number of hydrogen-bond donors (Lipinski definition) is 3. The summed E-state index contributed by atoms with van der Waals surface area (Å²) in [5, 5.41) is 14.4. The van der Waals surface area contributed by atoms with Gasteiger partial charge >= 0.3 is 6.03 Å². The molecule has 0 saturated carbocycles. The number of nitrogens with one attached hydrogen (secondary N) is 2. The Hall–Kier alpha value is -1.55. The van der Waals surface area contributed by atoms with Crippen LogP contribution in [0.2, 0.25) is 0 Å². The van der Waals surface area contributed by atoms with Crippen LogP contribution in [0.15, 0.2) is 24.3 Å². The van der Waals surface area contributed by atoms with Gasteiger partial charge in [-0.05, 0) is 43.4 Å². The van der Waals surface area contributed by atoms with Gasteiger partial charge in [0.15, 0.2) is 0 Å². The smallest absolute Gasteiger partial charge is 0.319 e. The summed E-state index contributed by atoms with van der Waals surface area (Å²) in [5.41, 5.74) is 2.04. The summed E-state index contributed by atoms with van der Waals surface area (Å²) in [7, 11) is 0. The van der Waals surface area contributed by atoms with Crippen LogP contribution in [0, 0.1) is 0 Å². The maximum absolute atomic E-state index is 11.7. The van der Waals surface area contributed by atoms with E-state index in [1.54, 1.807) is 0 Å². The molecule has 0 aromatic heterocycles. The van der Waals surface area contributed by atoms with E-state index in [1.165, 1.54) is 5.56 Å². The van der Waals surface area contributed by atoms with E-state index >= 15 is 0 Å². The number of amides is 2. The molecule has 1 unspecified atom stereocenters. The van der Waals surface area contributed by atoms with Crippen molar-refractivity contribution in [2.45, 2.75) is 45.6 Å². The van der Waals surface area contributed by atoms with Crippen LogP contribution in [0.4, 0.5) is 10.5 Å². The fourth-order valence-electron chi connectivity index (χ4n) is 1.81. The minimum absolute atomic E-state index is 0.0575. The van der Waals surface area contributed by atoms with Crippen LogP contribution in [-0.2, 0) is 0 Å². The van der Waals surface area contributed by atoms with Crippen molar-refractivity contribution in [3.8, 4) is 0 Å². The van der Waals surface area contributed by atoms with Crippen molar-refractivity contribution in [2.24, 2.45) is 0 Å². The molecule has 1 aromatic rings. The Morgan fingerprint density at radius 3 is 2.37 bits per heavy atom. The molecule has 0 fully saturated rings. The Morgan fingerprint density at radius 1 is 1.21 bits per heavy atom. The standard InChI is InChI=1S/C15H24N2O2/c1-11(2)13-6-8-14(9-7-13)17-15(19)16-12(3)5-4-10-18/h6-9,11-12,18H,4-5,10H2,1-3H3,(H2,16,17,19). The van der Waals surface area contributed by atoms with Crippen LogP contribution in [0.3, 0.4) is 0 Å². The van der Waals surface area contributed by atoms with Crippen molar-refractivity contribution >= 4 is 11.7 Å². The van der Waals surface area contributed by atoms with E-state index in [9.17, 15) is 4.79 Å². The second-order valence-corrected chi connectivity index (χ2v) is 5.14. The first-order chi connectivity index (χ1) is 9.02. The monoisotopic (exact) mass is 264 g/mol. The highest BCUT2D eigenvalue weighted by Crippen LogP contribution is 2.17. The normalized spacial score (nSPS) is 12.3.